The van der Waals surface area contributed by atoms with Crippen molar-refractivity contribution in [1.82, 2.24) is 5.32 Å². The van der Waals surface area contributed by atoms with Crippen LogP contribution in [0.15, 0.2) is 24.3 Å². The molecule has 0 bridgehead atoms. The lowest BCUT2D eigenvalue weighted by atomic mass is 9.69. The van der Waals surface area contributed by atoms with Crippen LogP contribution in [0.4, 0.5) is 0 Å². The number of halogens is 1. The third-order valence-corrected chi connectivity index (χ3v) is 5.11. The molecule has 0 spiro atoms. The largest absolute Gasteiger partial charge is 0.313 e. The fraction of sp³-hybridized carbons (Fsp3) is 0.625. The molecule has 1 N–H and O–H groups in total. The molecule has 3 rings (SSSR count). The Kier molecular flexibility index (Phi) is 3.38. The van der Waals surface area contributed by atoms with Crippen molar-refractivity contribution >= 4 is 11.6 Å². The third kappa shape index (κ3) is 2.57. The molecule has 2 aliphatic rings. The van der Waals surface area contributed by atoms with E-state index in [-0.39, 0.29) is 0 Å². The smallest absolute Gasteiger partial charge is 0.0406 e. The molecular formula is C16H22ClN. The van der Waals surface area contributed by atoms with Crippen LogP contribution in [0.25, 0.3) is 0 Å². The van der Waals surface area contributed by atoms with Crippen molar-refractivity contribution in [3.05, 3.63) is 34.9 Å². The lowest BCUT2D eigenvalue weighted by Crippen LogP contribution is -2.46. The van der Waals surface area contributed by atoms with Crippen LogP contribution in [0.2, 0.25) is 5.02 Å². The first-order chi connectivity index (χ1) is 8.65. The summed E-state index contributed by atoms with van der Waals surface area (Å²) in [5.74, 6) is 0.744. The van der Waals surface area contributed by atoms with Crippen LogP contribution in [0.3, 0.4) is 0 Å². The maximum atomic E-state index is 5.92. The van der Waals surface area contributed by atoms with Crippen molar-refractivity contribution in [1.29, 1.82) is 0 Å². The quantitative estimate of drug-likeness (QED) is 0.851. The Hall–Kier alpha value is -0.530. The summed E-state index contributed by atoms with van der Waals surface area (Å²) in [7, 11) is 0. The highest BCUT2D eigenvalue weighted by molar-refractivity contribution is 6.30. The summed E-state index contributed by atoms with van der Waals surface area (Å²) < 4.78 is 0. The standard InChI is InChI=1S/C16H22ClN/c1-16(7-2-8-16)11-18-15-9-13(10-15)12-3-5-14(17)6-4-12/h3-6,13,15,18H,2,7-11H2,1H3. The molecule has 0 atom stereocenters. The summed E-state index contributed by atoms with van der Waals surface area (Å²) >= 11 is 5.92. The van der Waals surface area contributed by atoms with E-state index in [9.17, 15) is 0 Å². The van der Waals surface area contributed by atoms with E-state index in [1.165, 1.54) is 44.2 Å². The summed E-state index contributed by atoms with van der Waals surface area (Å²) in [5, 5.41) is 4.59. The van der Waals surface area contributed by atoms with Crippen LogP contribution in [0.5, 0.6) is 0 Å². The van der Waals surface area contributed by atoms with Crippen LogP contribution in [0, 0.1) is 5.41 Å². The van der Waals surface area contributed by atoms with E-state index >= 15 is 0 Å². The molecule has 0 aliphatic heterocycles. The predicted octanol–water partition coefficient (Wildman–Crippen LogP) is 4.37. The Bertz CT molecular complexity index is 402. The Morgan fingerprint density at radius 2 is 1.89 bits per heavy atom. The van der Waals surface area contributed by atoms with Crippen molar-refractivity contribution in [2.75, 3.05) is 6.54 Å². The number of rotatable bonds is 4. The first-order valence-corrected chi connectivity index (χ1v) is 7.51. The Balaban J connectivity index is 1.44. The monoisotopic (exact) mass is 263 g/mol. The minimum absolute atomic E-state index is 0.603. The molecule has 0 heterocycles. The number of hydrogen-bond donors (Lipinski definition) is 1. The molecule has 2 heteroatoms. The van der Waals surface area contributed by atoms with Crippen molar-refractivity contribution in [3.63, 3.8) is 0 Å². The summed E-state index contributed by atoms with van der Waals surface area (Å²) in [6.45, 7) is 3.63. The van der Waals surface area contributed by atoms with Gasteiger partial charge in [-0.15, -0.1) is 0 Å². The van der Waals surface area contributed by atoms with Crippen LogP contribution < -0.4 is 5.32 Å². The summed E-state index contributed by atoms with van der Waals surface area (Å²) in [6.07, 6.45) is 6.83. The van der Waals surface area contributed by atoms with E-state index in [1.807, 2.05) is 12.1 Å². The molecule has 98 valence electrons. The van der Waals surface area contributed by atoms with E-state index in [2.05, 4.69) is 24.4 Å². The number of benzene rings is 1. The zero-order chi connectivity index (χ0) is 12.6. The molecule has 0 saturated heterocycles. The highest BCUT2D eigenvalue weighted by atomic mass is 35.5. The molecule has 0 amide bonds. The van der Waals surface area contributed by atoms with E-state index in [0.717, 1.165) is 17.0 Å². The molecule has 2 aliphatic carbocycles. The minimum Gasteiger partial charge on any atom is -0.313 e. The summed E-state index contributed by atoms with van der Waals surface area (Å²) in [6, 6.07) is 9.11. The second kappa shape index (κ2) is 4.86. The van der Waals surface area contributed by atoms with Crippen LogP contribution in [-0.2, 0) is 0 Å². The van der Waals surface area contributed by atoms with Crippen LogP contribution >= 0.6 is 11.6 Å². The lowest BCUT2D eigenvalue weighted by Gasteiger charge is -2.43. The van der Waals surface area contributed by atoms with Gasteiger partial charge in [0.2, 0.25) is 0 Å². The van der Waals surface area contributed by atoms with Crippen LogP contribution in [-0.4, -0.2) is 12.6 Å². The normalized spacial score (nSPS) is 29.4. The molecule has 0 aromatic heterocycles. The fourth-order valence-corrected chi connectivity index (χ4v) is 3.27. The predicted molar refractivity (Wildman–Crippen MR) is 77.2 cm³/mol. The Morgan fingerprint density at radius 3 is 2.44 bits per heavy atom. The fourth-order valence-electron chi connectivity index (χ4n) is 3.14. The molecule has 0 unspecified atom stereocenters. The van der Waals surface area contributed by atoms with Gasteiger partial charge in [0.15, 0.2) is 0 Å². The van der Waals surface area contributed by atoms with Gasteiger partial charge < -0.3 is 5.32 Å². The van der Waals surface area contributed by atoms with Gasteiger partial charge >= 0.3 is 0 Å². The van der Waals surface area contributed by atoms with E-state index < -0.39 is 0 Å². The van der Waals surface area contributed by atoms with E-state index in [0.29, 0.717) is 5.41 Å². The van der Waals surface area contributed by atoms with Gasteiger partial charge in [-0.2, -0.15) is 0 Å². The first kappa shape index (κ1) is 12.5. The molecule has 1 aromatic carbocycles. The van der Waals surface area contributed by atoms with Gasteiger partial charge in [-0.25, -0.2) is 0 Å². The zero-order valence-electron chi connectivity index (χ0n) is 11.1. The highest BCUT2D eigenvalue weighted by Crippen LogP contribution is 2.41. The molecule has 1 aromatic rings. The Labute approximate surface area is 115 Å². The van der Waals surface area contributed by atoms with Gasteiger partial charge in [0.25, 0.3) is 0 Å². The maximum absolute atomic E-state index is 5.92. The SMILES string of the molecule is CC1(CNC2CC(c3ccc(Cl)cc3)C2)CCC1. The van der Waals surface area contributed by atoms with Gasteiger partial charge in [0, 0.05) is 17.6 Å². The molecule has 1 nitrogen and oxygen atoms in total. The second-order valence-electron chi connectivity index (χ2n) is 6.46. The maximum Gasteiger partial charge on any atom is 0.0406 e. The van der Waals surface area contributed by atoms with Gasteiger partial charge in [-0.3, -0.25) is 0 Å². The zero-order valence-corrected chi connectivity index (χ0v) is 11.8. The van der Waals surface area contributed by atoms with Gasteiger partial charge in [0.1, 0.15) is 0 Å². The van der Waals surface area contributed by atoms with Gasteiger partial charge in [0.05, 0.1) is 0 Å². The third-order valence-electron chi connectivity index (χ3n) is 4.86. The van der Waals surface area contributed by atoms with Crippen LogP contribution in [0.1, 0.15) is 50.5 Å². The number of hydrogen-bond acceptors (Lipinski definition) is 1. The second-order valence-corrected chi connectivity index (χ2v) is 6.90. The first-order valence-electron chi connectivity index (χ1n) is 7.13. The molecule has 18 heavy (non-hydrogen) atoms. The molecule has 0 radical (unpaired) electrons. The van der Waals surface area contributed by atoms with Crippen molar-refractivity contribution in [3.8, 4) is 0 Å². The van der Waals surface area contributed by atoms with E-state index in [4.69, 9.17) is 11.6 Å². The highest BCUT2D eigenvalue weighted by Gasteiger charge is 2.35. The van der Waals surface area contributed by atoms with E-state index in [1.54, 1.807) is 0 Å². The average molecular weight is 264 g/mol. The molecule has 2 saturated carbocycles. The molecule has 2 fully saturated rings. The lowest BCUT2D eigenvalue weighted by molar-refractivity contribution is 0.137. The topological polar surface area (TPSA) is 12.0 Å². The summed E-state index contributed by atoms with van der Waals surface area (Å²) in [5.41, 5.74) is 2.05. The Morgan fingerprint density at radius 1 is 1.22 bits per heavy atom. The van der Waals surface area contributed by atoms with Crippen molar-refractivity contribution in [2.45, 2.75) is 51.0 Å². The minimum atomic E-state index is 0.603. The van der Waals surface area contributed by atoms with Crippen molar-refractivity contribution in [2.24, 2.45) is 5.41 Å². The van der Waals surface area contributed by atoms with Gasteiger partial charge in [-0.05, 0) is 54.7 Å². The number of nitrogens with one attached hydrogen (secondary N) is 1. The summed E-state index contributed by atoms with van der Waals surface area (Å²) in [4.78, 5) is 0. The molecular weight excluding hydrogens is 242 g/mol. The van der Waals surface area contributed by atoms with Gasteiger partial charge in [-0.1, -0.05) is 37.1 Å². The average Bonchev–Trinajstić information content (AvgIpc) is 2.27. The van der Waals surface area contributed by atoms with Crippen molar-refractivity contribution < 1.29 is 0 Å².